The summed E-state index contributed by atoms with van der Waals surface area (Å²) in [6.07, 6.45) is 1.17. The summed E-state index contributed by atoms with van der Waals surface area (Å²) in [6, 6.07) is 32.2. The molecule has 0 atom stereocenters. The lowest BCUT2D eigenvalue weighted by Gasteiger charge is -2.34. The molecule has 1 heterocycles. The lowest BCUT2D eigenvalue weighted by atomic mass is 9.99. The Hall–Kier alpha value is -4.42. The average Bonchev–Trinajstić information content (AvgIpc) is 2.97. The lowest BCUT2D eigenvalue weighted by Crippen LogP contribution is -2.37. The zero-order valence-corrected chi connectivity index (χ0v) is 21.4. The molecule has 1 aliphatic heterocycles. The van der Waals surface area contributed by atoms with E-state index in [-0.39, 0.29) is 17.9 Å². The molecule has 192 valence electrons. The third-order valence-electron chi connectivity index (χ3n) is 7.00. The fourth-order valence-corrected chi connectivity index (χ4v) is 4.87. The van der Waals surface area contributed by atoms with E-state index in [4.69, 9.17) is 0 Å². The second-order valence-corrected chi connectivity index (χ2v) is 9.51. The highest BCUT2D eigenvalue weighted by Crippen LogP contribution is 2.32. The number of aliphatic hydroxyl groups excluding tert-OH is 1. The van der Waals surface area contributed by atoms with E-state index in [0.717, 1.165) is 48.4 Å². The Labute approximate surface area is 223 Å². The number of aliphatic hydroxyl groups is 1. The SMILES string of the molecule is CN(C(=O)c1ccc(NC(=O)c2ccccc2-c2ccccc2)cc1)c1ccccc1N1CCC(O)CC1. The maximum absolute atomic E-state index is 13.4. The van der Waals surface area contributed by atoms with Crippen molar-refractivity contribution in [1.29, 1.82) is 0 Å². The fraction of sp³-hybridized carbons (Fsp3) is 0.188. The Balaban J connectivity index is 1.30. The van der Waals surface area contributed by atoms with Gasteiger partial charge in [-0.15, -0.1) is 0 Å². The van der Waals surface area contributed by atoms with Crippen molar-refractivity contribution in [3.8, 4) is 11.1 Å². The van der Waals surface area contributed by atoms with E-state index in [1.807, 2.05) is 78.9 Å². The van der Waals surface area contributed by atoms with E-state index in [0.29, 0.717) is 16.8 Å². The summed E-state index contributed by atoms with van der Waals surface area (Å²) in [5.41, 5.74) is 5.37. The molecular formula is C32H31N3O3. The topological polar surface area (TPSA) is 72.9 Å². The summed E-state index contributed by atoms with van der Waals surface area (Å²) in [5.74, 6) is -0.344. The fourth-order valence-electron chi connectivity index (χ4n) is 4.87. The van der Waals surface area contributed by atoms with Crippen LogP contribution in [0.3, 0.4) is 0 Å². The first kappa shape index (κ1) is 25.2. The Morgan fingerprint density at radius 1 is 0.816 bits per heavy atom. The number of amides is 2. The van der Waals surface area contributed by atoms with Crippen LogP contribution < -0.4 is 15.1 Å². The molecule has 4 aromatic carbocycles. The van der Waals surface area contributed by atoms with Gasteiger partial charge in [-0.1, -0.05) is 60.7 Å². The molecule has 1 aliphatic rings. The molecule has 2 amide bonds. The van der Waals surface area contributed by atoms with E-state index < -0.39 is 0 Å². The number of para-hydroxylation sites is 2. The van der Waals surface area contributed by atoms with E-state index in [9.17, 15) is 14.7 Å². The number of hydrogen-bond acceptors (Lipinski definition) is 4. The predicted molar refractivity (Wildman–Crippen MR) is 153 cm³/mol. The van der Waals surface area contributed by atoms with Gasteiger partial charge in [0.15, 0.2) is 0 Å². The van der Waals surface area contributed by atoms with E-state index in [1.54, 1.807) is 36.2 Å². The number of carbonyl (C=O) groups is 2. The van der Waals surface area contributed by atoms with Gasteiger partial charge in [0.05, 0.1) is 17.5 Å². The van der Waals surface area contributed by atoms with Crippen LogP contribution in [0.1, 0.15) is 33.6 Å². The standard InChI is InChI=1S/C32H31N3O3/c1-34(29-13-7-8-14-30(29)35-21-19-26(36)20-22-35)32(38)24-15-17-25(18-16-24)33-31(37)28-12-6-5-11-27(28)23-9-3-2-4-10-23/h2-18,26,36H,19-22H2,1H3,(H,33,37). The van der Waals surface area contributed by atoms with Gasteiger partial charge in [0.2, 0.25) is 0 Å². The Morgan fingerprint density at radius 2 is 1.45 bits per heavy atom. The molecule has 6 heteroatoms. The van der Waals surface area contributed by atoms with Crippen molar-refractivity contribution >= 4 is 28.9 Å². The van der Waals surface area contributed by atoms with Crippen LogP contribution in [0.5, 0.6) is 0 Å². The van der Waals surface area contributed by atoms with Crippen LogP contribution >= 0.6 is 0 Å². The number of nitrogens with zero attached hydrogens (tertiary/aromatic N) is 2. The van der Waals surface area contributed by atoms with Gasteiger partial charge in [-0.25, -0.2) is 0 Å². The molecule has 1 saturated heterocycles. The molecule has 0 aliphatic carbocycles. The summed E-state index contributed by atoms with van der Waals surface area (Å²) in [5, 5.41) is 12.8. The third-order valence-corrected chi connectivity index (χ3v) is 7.00. The van der Waals surface area contributed by atoms with Gasteiger partial charge in [0, 0.05) is 37.0 Å². The van der Waals surface area contributed by atoms with E-state index in [1.165, 1.54) is 0 Å². The second kappa shape index (κ2) is 11.3. The maximum Gasteiger partial charge on any atom is 0.258 e. The Bertz CT molecular complexity index is 1410. The number of benzene rings is 4. The van der Waals surface area contributed by atoms with Gasteiger partial charge >= 0.3 is 0 Å². The molecule has 2 N–H and O–H groups in total. The maximum atomic E-state index is 13.4. The van der Waals surface area contributed by atoms with Crippen molar-refractivity contribution < 1.29 is 14.7 Å². The summed E-state index contributed by atoms with van der Waals surface area (Å²) >= 11 is 0. The number of nitrogens with one attached hydrogen (secondary N) is 1. The Kier molecular flexibility index (Phi) is 7.52. The molecule has 38 heavy (non-hydrogen) atoms. The van der Waals surface area contributed by atoms with Gasteiger partial charge in [-0.2, -0.15) is 0 Å². The van der Waals surface area contributed by atoms with Crippen molar-refractivity contribution in [2.75, 3.05) is 35.3 Å². The first-order chi connectivity index (χ1) is 18.5. The smallest absolute Gasteiger partial charge is 0.258 e. The minimum absolute atomic E-state index is 0.137. The molecular weight excluding hydrogens is 474 g/mol. The minimum Gasteiger partial charge on any atom is -0.393 e. The summed E-state index contributed by atoms with van der Waals surface area (Å²) in [4.78, 5) is 30.4. The monoisotopic (exact) mass is 505 g/mol. The van der Waals surface area contributed by atoms with Gasteiger partial charge in [-0.05, 0) is 66.4 Å². The van der Waals surface area contributed by atoms with Crippen molar-refractivity contribution in [2.24, 2.45) is 0 Å². The quantitative estimate of drug-likeness (QED) is 0.345. The number of carbonyl (C=O) groups excluding carboxylic acids is 2. The van der Waals surface area contributed by atoms with E-state index >= 15 is 0 Å². The number of rotatable bonds is 6. The van der Waals surface area contributed by atoms with Gasteiger partial charge in [0.25, 0.3) is 11.8 Å². The lowest BCUT2D eigenvalue weighted by molar-refractivity contribution is 0.0991. The van der Waals surface area contributed by atoms with Crippen LogP contribution in [0.2, 0.25) is 0 Å². The zero-order valence-electron chi connectivity index (χ0n) is 21.4. The van der Waals surface area contributed by atoms with Crippen molar-refractivity contribution in [2.45, 2.75) is 18.9 Å². The minimum atomic E-state index is -0.261. The molecule has 6 nitrogen and oxygen atoms in total. The first-order valence-electron chi connectivity index (χ1n) is 12.9. The first-order valence-corrected chi connectivity index (χ1v) is 12.9. The highest BCUT2D eigenvalue weighted by Gasteiger charge is 2.23. The molecule has 0 spiro atoms. The third kappa shape index (κ3) is 5.45. The number of piperidine rings is 1. The van der Waals surface area contributed by atoms with Crippen LogP contribution in [0.25, 0.3) is 11.1 Å². The van der Waals surface area contributed by atoms with Crippen LogP contribution in [0.15, 0.2) is 103 Å². The van der Waals surface area contributed by atoms with Crippen molar-refractivity contribution in [3.05, 3.63) is 114 Å². The highest BCUT2D eigenvalue weighted by atomic mass is 16.3. The molecule has 4 aromatic rings. The number of hydrogen-bond donors (Lipinski definition) is 2. The van der Waals surface area contributed by atoms with Gasteiger partial charge < -0.3 is 20.2 Å². The Morgan fingerprint density at radius 3 is 2.18 bits per heavy atom. The zero-order chi connectivity index (χ0) is 26.5. The average molecular weight is 506 g/mol. The van der Waals surface area contributed by atoms with E-state index in [2.05, 4.69) is 10.2 Å². The summed E-state index contributed by atoms with van der Waals surface area (Å²) in [7, 11) is 1.77. The summed E-state index contributed by atoms with van der Waals surface area (Å²) < 4.78 is 0. The van der Waals surface area contributed by atoms with Crippen LogP contribution in [-0.2, 0) is 0 Å². The molecule has 0 radical (unpaired) electrons. The van der Waals surface area contributed by atoms with Gasteiger partial charge in [0.1, 0.15) is 0 Å². The predicted octanol–water partition coefficient (Wildman–Crippen LogP) is 5.84. The van der Waals surface area contributed by atoms with Crippen LogP contribution in [0.4, 0.5) is 17.1 Å². The molecule has 0 saturated carbocycles. The molecule has 0 bridgehead atoms. The van der Waals surface area contributed by atoms with Crippen molar-refractivity contribution in [1.82, 2.24) is 0 Å². The largest absolute Gasteiger partial charge is 0.393 e. The summed E-state index contributed by atoms with van der Waals surface area (Å²) in [6.45, 7) is 1.50. The molecule has 0 unspecified atom stereocenters. The van der Waals surface area contributed by atoms with Crippen molar-refractivity contribution in [3.63, 3.8) is 0 Å². The number of anilines is 3. The molecule has 5 rings (SSSR count). The molecule has 0 aromatic heterocycles. The van der Waals surface area contributed by atoms with Gasteiger partial charge in [-0.3, -0.25) is 9.59 Å². The normalized spacial score (nSPS) is 13.7. The van der Waals surface area contributed by atoms with Crippen LogP contribution in [0, 0.1) is 0 Å². The molecule has 1 fully saturated rings. The highest BCUT2D eigenvalue weighted by molar-refractivity contribution is 6.10. The van der Waals surface area contributed by atoms with Crippen LogP contribution in [-0.4, -0.2) is 43.2 Å². The second-order valence-electron chi connectivity index (χ2n) is 9.51.